The molecule has 2 aromatic rings. The minimum atomic E-state index is -0.473. The number of carbonyl (C=O) groups excluding carboxylic acids is 2. The molecule has 132 valence electrons. The molecule has 0 saturated carbocycles. The number of carbonyl (C=O) groups is 2. The number of rotatable bonds is 6. The zero-order valence-electron chi connectivity index (χ0n) is 15.1. The first-order valence-electron chi connectivity index (χ1n) is 8.48. The molecule has 1 heterocycles. The van der Waals surface area contributed by atoms with Gasteiger partial charge in [-0.2, -0.15) is 0 Å². The molecule has 5 nitrogen and oxygen atoms in total. The maximum absolute atomic E-state index is 12.7. The molecule has 0 bridgehead atoms. The molecule has 0 atom stereocenters. The van der Waals surface area contributed by atoms with Crippen LogP contribution in [0.25, 0.3) is 0 Å². The van der Waals surface area contributed by atoms with Crippen molar-refractivity contribution in [2.45, 2.75) is 32.9 Å². The average molecular weight is 339 g/mol. The van der Waals surface area contributed by atoms with Crippen molar-refractivity contribution in [2.24, 2.45) is 0 Å². The predicted molar refractivity (Wildman–Crippen MR) is 97.7 cm³/mol. The van der Waals surface area contributed by atoms with Crippen LogP contribution < -0.4 is 0 Å². The molecule has 0 spiro atoms. The second kappa shape index (κ2) is 8.97. The maximum atomic E-state index is 12.7. The first kappa shape index (κ1) is 18.6. The van der Waals surface area contributed by atoms with Gasteiger partial charge in [0, 0.05) is 38.6 Å². The van der Waals surface area contributed by atoms with Crippen LogP contribution >= 0.6 is 0 Å². The molecule has 1 aromatic carbocycles. The smallest absolute Gasteiger partial charge is 0.312 e. The standard InChI is InChI=1S/C20H25N3O2/c1-16(2)23(15-18-7-5-4-6-8-18)20(25)19(24)22(3)14-11-17-9-12-21-13-10-17/h4-10,12-13,16H,11,14-15H2,1-3H3. The van der Waals surface area contributed by atoms with Crippen LogP contribution in [0, 0.1) is 0 Å². The Morgan fingerprint density at radius 3 is 2.20 bits per heavy atom. The number of hydrogen-bond acceptors (Lipinski definition) is 3. The number of likely N-dealkylation sites (N-methyl/N-ethyl adjacent to an activating group) is 1. The lowest BCUT2D eigenvalue weighted by molar-refractivity contribution is -0.152. The van der Waals surface area contributed by atoms with Crippen LogP contribution in [0.15, 0.2) is 54.9 Å². The van der Waals surface area contributed by atoms with Crippen LogP contribution in [-0.2, 0) is 22.6 Å². The van der Waals surface area contributed by atoms with E-state index in [0.717, 1.165) is 11.1 Å². The number of aromatic nitrogens is 1. The van der Waals surface area contributed by atoms with Crippen LogP contribution in [-0.4, -0.2) is 46.2 Å². The summed E-state index contributed by atoms with van der Waals surface area (Å²) in [5.41, 5.74) is 2.10. The Morgan fingerprint density at radius 2 is 1.60 bits per heavy atom. The molecule has 0 aliphatic rings. The summed E-state index contributed by atoms with van der Waals surface area (Å²) in [6.07, 6.45) is 4.14. The summed E-state index contributed by atoms with van der Waals surface area (Å²) in [7, 11) is 1.67. The van der Waals surface area contributed by atoms with Crippen molar-refractivity contribution in [1.82, 2.24) is 14.8 Å². The van der Waals surface area contributed by atoms with E-state index in [2.05, 4.69) is 4.98 Å². The molecule has 2 amide bonds. The van der Waals surface area contributed by atoms with Gasteiger partial charge in [0.25, 0.3) is 0 Å². The number of benzene rings is 1. The Labute approximate surface area is 149 Å². The lowest BCUT2D eigenvalue weighted by atomic mass is 10.1. The van der Waals surface area contributed by atoms with Gasteiger partial charge < -0.3 is 9.80 Å². The van der Waals surface area contributed by atoms with E-state index in [1.807, 2.05) is 56.3 Å². The summed E-state index contributed by atoms with van der Waals surface area (Å²) in [4.78, 5) is 32.3. The molecule has 0 aliphatic heterocycles. The molecule has 0 fully saturated rings. The summed E-state index contributed by atoms with van der Waals surface area (Å²) >= 11 is 0. The van der Waals surface area contributed by atoms with Gasteiger partial charge in [0.2, 0.25) is 0 Å². The van der Waals surface area contributed by atoms with Crippen LogP contribution in [0.4, 0.5) is 0 Å². The highest BCUT2D eigenvalue weighted by Crippen LogP contribution is 2.10. The number of amides is 2. The van der Waals surface area contributed by atoms with Gasteiger partial charge in [-0.25, -0.2) is 0 Å². The third-order valence-electron chi connectivity index (χ3n) is 4.09. The molecule has 0 N–H and O–H groups in total. The van der Waals surface area contributed by atoms with Crippen LogP contribution in [0.3, 0.4) is 0 Å². The Balaban J connectivity index is 1.98. The van der Waals surface area contributed by atoms with Gasteiger partial charge >= 0.3 is 11.8 Å². The number of nitrogens with zero attached hydrogens (tertiary/aromatic N) is 3. The zero-order valence-corrected chi connectivity index (χ0v) is 15.1. The van der Waals surface area contributed by atoms with Gasteiger partial charge in [0.1, 0.15) is 0 Å². The van der Waals surface area contributed by atoms with Crippen molar-refractivity contribution in [2.75, 3.05) is 13.6 Å². The minimum Gasteiger partial charge on any atom is -0.337 e. The molecular weight excluding hydrogens is 314 g/mol. The maximum Gasteiger partial charge on any atom is 0.312 e. The molecule has 25 heavy (non-hydrogen) atoms. The van der Waals surface area contributed by atoms with Gasteiger partial charge in [0.05, 0.1) is 0 Å². The first-order chi connectivity index (χ1) is 12.0. The van der Waals surface area contributed by atoms with E-state index in [4.69, 9.17) is 0 Å². The second-order valence-electron chi connectivity index (χ2n) is 6.34. The largest absolute Gasteiger partial charge is 0.337 e. The molecule has 0 saturated heterocycles. The van der Waals surface area contributed by atoms with Crippen molar-refractivity contribution in [3.63, 3.8) is 0 Å². The van der Waals surface area contributed by atoms with Gasteiger partial charge in [-0.15, -0.1) is 0 Å². The summed E-state index contributed by atoms with van der Waals surface area (Å²) in [5, 5.41) is 0. The van der Waals surface area contributed by atoms with E-state index in [0.29, 0.717) is 19.5 Å². The van der Waals surface area contributed by atoms with E-state index in [1.54, 1.807) is 24.3 Å². The van der Waals surface area contributed by atoms with Crippen LogP contribution in [0.2, 0.25) is 0 Å². The topological polar surface area (TPSA) is 53.5 Å². The van der Waals surface area contributed by atoms with Gasteiger partial charge in [0.15, 0.2) is 0 Å². The van der Waals surface area contributed by atoms with E-state index in [9.17, 15) is 9.59 Å². The van der Waals surface area contributed by atoms with Crippen LogP contribution in [0.5, 0.6) is 0 Å². The van der Waals surface area contributed by atoms with Gasteiger partial charge in [-0.05, 0) is 43.5 Å². The number of pyridine rings is 1. The predicted octanol–water partition coefficient (Wildman–Crippen LogP) is 2.52. The number of hydrogen-bond donors (Lipinski definition) is 0. The molecule has 1 aromatic heterocycles. The summed E-state index contributed by atoms with van der Waals surface area (Å²) in [6.45, 7) is 4.77. The molecule has 0 unspecified atom stereocenters. The lowest BCUT2D eigenvalue weighted by Gasteiger charge is -2.28. The summed E-state index contributed by atoms with van der Waals surface area (Å²) in [5.74, 6) is -0.935. The molecule has 0 radical (unpaired) electrons. The fourth-order valence-electron chi connectivity index (χ4n) is 2.50. The van der Waals surface area contributed by atoms with Gasteiger partial charge in [-0.3, -0.25) is 14.6 Å². The molecule has 2 rings (SSSR count). The van der Waals surface area contributed by atoms with Gasteiger partial charge in [-0.1, -0.05) is 30.3 Å². The zero-order chi connectivity index (χ0) is 18.2. The van der Waals surface area contributed by atoms with E-state index >= 15 is 0 Å². The summed E-state index contributed by atoms with van der Waals surface area (Å²) < 4.78 is 0. The Kier molecular flexibility index (Phi) is 6.69. The fraction of sp³-hybridized carbons (Fsp3) is 0.350. The molecular formula is C20H25N3O2. The second-order valence-corrected chi connectivity index (χ2v) is 6.34. The van der Waals surface area contributed by atoms with Crippen molar-refractivity contribution in [3.8, 4) is 0 Å². The van der Waals surface area contributed by atoms with Crippen molar-refractivity contribution >= 4 is 11.8 Å². The highest BCUT2D eigenvalue weighted by atomic mass is 16.2. The molecule has 5 heteroatoms. The Hall–Kier alpha value is -2.69. The van der Waals surface area contributed by atoms with Crippen molar-refractivity contribution in [3.05, 3.63) is 66.0 Å². The van der Waals surface area contributed by atoms with E-state index in [-0.39, 0.29) is 6.04 Å². The SMILES string of the molecule is CC(C)N(Cc1ccccc1)C(=O)C(=O)N(C)CCc1ccncc1. The van der Waals surface area contributed by atoms with E-state index < -0.39 is 11.8 Å². The van der Waals surface area contributed by atoms with Crippen LogP contribution in [0.1, 0.15) is 25.0 Å². The lowest BCUT2D eigenvalue weighted by Crippen LogP contribution is -2.46. The minimum absolute atomic E-state index is 0.0507. The summed E-state index contributed by atoms with van der Waals surface area (Å²) in [6, 6.07) is 13.5. The normalized spacial score (nSPS) is 10.6. The van der Waals surface area contributed by atoms with Crippen molar-refractivity contribution in [1.29, 1.82) is 0 Å². The Morgan fingerprint density at radius 1 is 0.960 bits per heavy atom. The third kappa shape index (κ3) is 5.41. The highest BCUT2D eigenvalue weighted by Gasteiger charge is 2.26. The van der Waals surface area contributed by atoms with Crippen molar-refractivity contribution < 1.29 is 9.59 Å². The first-order valence-corrected chi connectivity index (χ1v) is 8.48. The third-order valence-corrected chi connectivity index (χ3v) is 4.09. The quantitative estimate of drug-likeness (QED) is 0.760. The van der Waals surface area contributed by atoms with E-state index in [1.165, 1.54) is 4.90 Å². The fourth-order valence-corrected chi connectivity index (χ4v) is 2.50. The highest BCUT2D eigenvalue weighted by molar-refractivity contribution is 6.34. The monoisotopic (exact) mass is 339 g/mol. The Bertz CT molecular complexity index is 687. The average Bonchev–Trinajstić information content (AvgIpc) is 2.64. The molecule has 0 aliphatic carbocycles.